The van der Waals surface area contributed by atoms with Gasteiger partial charge in [0.2, 0.25) is 5.43 Å². The molecule has 1 N–H and O–H groups in total. The van der Waals surface area contributed by atoms with Gasteiger partial charge < -0.3 is 9.67 Å². The molecule has 100 valence electrons. The lowest BCUT2D eigenvalue weighted by molar-refractivity contribution is 0.0695. The van der Waals surface area contributed by atoms with Crippen LogP contribution in [0.5, 0.6) is 0 Å². The van der Waals surface area contributed by atoms with Crippen molar-refractivity contribution in [3.05, 3.63) is 44.7 Å². The number of halogens is 1. The topological polar surface area (TPSA) is 59.3 Å². The second-order valence-electron chi connectivity index (χ2n) is 4.75. The first-order chi connectivity index (χ1) is 8.84. The van der Waals surface area contributed by atoms with Gasteiger partial charge in [-0.05, 0) is 38.5 Å². The summed E-state index contributed by atoms with van der Waals surface area (Å²) in [5.74, 6) is -1.21. The van der Waals surface area contributed by atoms with E-state index in [1.54, 1.807) is 16.7 Å². The number of hydrogen-bond acceptors (Lipinski definition) is 2. The highest BCUT2D eigenvalue weighted by Gasteiger charge is 2.17. The van der Waals surface area contributed by atoms with Crippen molar-refractivity contribution in [2.75, 3.05) is 0 Å². The average molecular weight is 280 g/mol. The fourth-order valence-electron chi connectivity index (χ4n) is 2.16. The molecule has 1 aromatic carbocycles. The molecule has 2 rings (SSSR count). The normalized spacial score (nSPS) is 11.2. The van der Waals surface area contributed by atoms with Crippen LogP contribution < -0.4 is 5.43 Å². The summed E-state index contributed by atoms with van der Waals surface area (Å²) in [6.45, 7) is 5.68. The van der Waals surface area contributed by atoms with Crippen LogP contribution in [0.15, 0.2) is 23.1 Å². The van der Waals surface area contributed by atoms with Crippen molar-refractivity contribution >= 4 is 28.5 Å². The fraction of sp³-hybridized carbons (Fsp3) is 0.286. The Bertz CT molecular complexity index is 732. The van der Waals surface area contributed by atoms with Crippen LogP contribution in [0.2, 0.25) is 5.02 Å². The molecule has 0 saturated heterocycles. The number of aryl methyl sites for hydroxylation is 1. The average Bonchev–Trinajstić information content (AvgIpc) is 2.33. The maximum atomic E-state index is 12.2. The highest BCUT2D eigenvalue weighted by atomic mass is 35.5. The molecule has 0 atom stereocenters. The monoisotopic (exact) mass is 279 g/mol. The van der Waals surface area contributed by atoms with Crippen LogP contribution in [0.4, 0.5) is 0 Å². The van der Waals surface area contributed by atoms with E-state index in [-0.39, 0.29) is 11.6 Å². The number of aromatic carboxylic acids is 1. The molecule has 0 fully saturated rings. The zero-order valence-electron chi connectivity index (χ0n) is 10.9. The third kappa shape index (κ3) is 2.12. The van der Waals surface area contributed by atoms with Gasteiger partial charge in [-0.3, -0.25) is 4.79 Å². The summed E-state index contributed by atoms with van der Waals surface area (Å²) in [5.41, 5.74) is 0.779. The van der Waals surface area contributed by atoms with E-state index in [2.05, 4.69) is 0 Å². The molecule has 0 unspecified atom stereocenters. The lowest BCUT2D eigenvalue weighted by atomic mass is 10.1. The Labute approximate surface area is 115 Å². The van der Waals surface area contributed by atoms with Crippen LogP contribution in [-0.4, -0.2) is 15.6 Å². The molecule has 0 aliphatic carbocycles. The number of carboxylic acid groups (broad SMARTS) is 1. The van der Waals surface area contributed by atoms with E-state index in [9.17, 15) is 9.59 Å². The van der Waals surface area contributed by atoms with Crippen molar-refractivity contribution in [1.82, 2.24) is 4.57 Å². The van der Waals surface area contributed by atoms with Gasteiger partial charge in [0, 0.05) is 22.6 Å². The fourth-order valence-corrected chi connectivity index (χ4v) is 2.31. The number of hydrogen-bond donors (Lipinski definition) is 1. The number of fused-ring (bicyclic) bond motifs is 1. The number of benzene rings is 1. The molecule has 0 saturated carbocycles. The lowest BCUT2D eigenvalue weighted by Gasteiger charge is -2.18. The van der Waals surface area contributed by atoms with Crippen LogP contribution >= 0.6 is 11.6 Å². The molecule has 0 spiro atoms. The summed E-state index contributed by atoms with van der Waals surface area (Å²) in [5, 5.41) is 10.1. The van der Waals surface area contributed by atoms with Crippen molar-refractivity contribution in [3.63, 3.8) is 0 Å². The molecule has 0 aliphatic heterocycles. The number of rotatable bonds is 2. The zero-order chi connectivity index (χ0) is 14.3. The Morgan fingerprint density at radius 1 is 1.37 bits per heavy atom. The third-order valence-electron chi connectivity index (χ3n) is 3.17. The number of carbonyl (C=O) groups is 1. The van der Waals surface area contributed by atoms with Gasteiger partial charge in [-0.15, -0.1) is 0 Å². The number of aromatic nitrogens is 1. The molecular formula is C14H14ClNO3. The Hall–Kier alpha value is -1.81. The van der Waals surface area contributed by atoms with Gasteiger partial charge in [0.25, 0.3) is 0 Å². The maximum Gasteiger partial charge on any atom is 0.341 e. The lowest BCUT2D eigenvalue weighted by Crippen LogP contribution is -2.20. The minimum absolute atomic E-state index is 0.0263. The smallest absolute Gasteiger partial charge is 0.341 e. The predicted octanol–water partition coefficient (Wildman–Crippen LogP) is 3.24. The summed E-state index contributed by atoms with van der Waals surface area (Å²) in [7, 11) is 0. The molecule has 4 nitrogen and oxygen atoms in total. The van der Waals surface area contributed by atoms with E-state index in [1.165, 1.54) is 6.20 Å². The minimum Gasteiger partial charge on any atom is -0.477 e. The van der Waals surface area contributed by atoms with Crippen molar-refractivity contribution in [2.24, 2.45) is 0 Å². The van der Waals surface area contributed by atoms with Gasteiger partial charge in [-0.1, -0.05) is 11.6 Å². The molecule has 2 aromatic rings. The van der Waals surface area contributed by atoms with Crippen molar-refractivity contribution in [2.45, 2.75) is 26.8 Å². The molecule has 1 heterocycles. The summed E-state index contributed by atoms with van der Waals surface area (Å²) in [6.07, 6.45) is 1.39. The molecule has 0 aliphatic rings. The molecule has 0 amide bonds. The van der Waals surface area contributed by atoms with Crippen molar-refractivity contribution < 1.29 is 9.90 Å². The van der Waals surface area contributed by atoms with E-state index in [4.69, 9.17) is 16.7 Å². The minimum atomic E-state index is -1.21. The maximum absolute atomic E-state index is 12.2. The zero-order valence-corrected chi connectivity index (χ0v) is 11.7. The molecular weight excluding hydrogens is 266 g/mol. The first kappa shape index (κ1) is 13.6. The molecule has 0 radical (unpaired) electrons. The first-order valence-electron chi connectivity index (χ1n) is 5.91. The molecule has 5 heteroatoms. The van der Waals surface area contributed by atoms with E-state index in [0.29, 0.717) is 15.9 Å². The van der Waals surface area contributed by atoms with E-state index < -0.39 is 11.4 Å². The quantitative estimate of drug-likeness (QED) is 0.918. The third-order valence-corrected chi connectivity index (χ3v) is 3.58. The van der Waals surface area contributed by atoms with Crippen LogP contribution in [-0.2, 0) is 0 Å². The summed E-state index contributed by atoms with van der Waals surface area (Å²) in [4.78, 5) is 23.3. The van der Waals surface area contributed by atoms with Crippen molar-refractivity contribution in [3.8, 4) is 0 Å². The van der Waals surface area contributed by atoms with Gasteiger partial charge in [0.15, 0.2) is 0 Å². The Balaban J connectivity index is 3.06. The van der Waals surface area contributed by atoms with Crippen LogP contribution in [0, 0.1) is 6.92 Å². The highest BCUT2D eigenvalue weighted by Crippen LogP contribution is 2.26. The molecule has 0 bridgehead atoms. The number of carboxylic acids is 1. The van der Waals surface area contributed by atoms with Gasteiger partial charge in [0.1, 0.15) is 5.56 Å². The van der Waals surface area contributed by atoms with Gasteiger partial charge in [-0.2, -0.15) is 0 Å². The number of nitrogens with zero attached hydrogens (tertiary/aromatic N) is 1. The second kappa shape index (κ2) is 4.70. The largest absolute Gasteiger partial charge is 0.477 e. The van der Waals surface area contributed by atoms with Crippen LogP contribution in [0.1, 0.15) is 35.8 Å². The SMILES string of the molecule is Cc1c(Cl)ccc2c(=O)c(C(=O)O)cn(C(C)C)c12. The highest BCUT2D eigenvalue weighted by molar-refractivity contribution is 6.32. The second-order valence-corrected chi connectivity index (χ2v) is 5.15. The predicted molar refractivity (Wildman–Crippen MR) is 75.3 cm³/mol. The Kier molecular flexibility index (Phi) is 3.37. The van der Waals surface area contributed by atoms with E-state index in [1.807, 2.05) is 20.8 Å². The van der Waals surface area contributed by atoms with Gasteiger partial charge >= 0.3 is 5.97 Å². The summed E-state index contributed by atoms with van der Waals surface area (Å²) in [6, 6.07) is 3.23. The summed E-state index contributed by atoms with van der Waals surface area (Å²) >= 11 is 6.09. The Morgan fingerprint density at radius 3 is 2.53 bits per heavy atom. The number of pyridine rings is 1. The molecule has 19 heavy (non-hydrogen) atoms. The van der Waals surface area contributed by atoms with Crippen LogP contribution in [0.3, 0.4) is 0 Å². The summed E-state index contributed by atoms with van der Waals surface area (Å²) < 4.78 is 1.78. The first-order valence-corrected chi connectivity index (χ1v) is 6.29. The van der Waals surface area contributed by atoms with Gasteiger partial charge in [0.05, 0.1) is 5.52 Å². The van der Waals surface area contributed by atoms with Crippen LogP contribution in [0.25, 0.3) is 10.9 Å². The molecule has 1 aromatic heterocycles. The van der Waals surface area contributed by atoms with E-state index in [0.717, 1.165) is 5.56 Å². The standard InChI is InChI=1S/C14H14ClNO3/c1-7(2)16-6-10(14(18)19)13(17)9-4-5-11(15)8(3)12(9)16/h4-7H,1-3H3,(H,18,19). The van der Waals surface area contributed by atoms with Crippen molar-refractivity contribution in [1.29, 1.82) is 0 Å². The van der Waals surface area contributed by atoms with Gasteiger partial charge in [-0.25, -0.2) is 4.79 Å². The van der Waals surface area contributed by atoms with E-state index >= 15 is 0 Å². The Morgan fingerprint density at radius 2 is 2.00 bits per heavy atom.